The van der Waals surface area contributed by atoms with Crippen LogP contribution in [0, 0.1) is 0 Å². The molecular formula is C15H8F6O3. The summed E-state index contributed by atoms with van der Waals surface area (Å²) >= 11 is 0. The molecule has 2 aromatic rings. The summed E-state index contributed by atoms with van der Waals surface area (Å²) in [6.07, 6.45) is -9.59. The first-order valence-corrected chi connectivity index (χ1v) is 6.28. The van der Waals surface area contributed by atoms with Gasteiger partial charge in [-0.05, 0) is 41.5 Å². The molecule has 0 atom stereocenters. The Labute approximate surface area is 131 Å². The number of hydrogen-bond donors (Lipinski definition) is 0. The van der Waals surface area contributed by atoms with Crippen molar-refractivity contribution >= 4 is 6.29 Å². The fourth-order valence-corrected chi connectivity index (χ4v) is 1.92. The molecule has 0 N–H and O–H groups in total. The third-order valence-electron chi connectivity index (χ3n) is 2.70. The van der Waals surface area contributed by atoms with Crippen LogP contribution in [0.3, 0.4) is 0 Å². The molecule has 9 heteroatoms. The van der Waals surface area contributed by atoms with Gasteiger partial charge in [0.2, 0.25) is 0 Å². The minimum atomic E-state index is -4.97. The molecule has 0 fully saturated rings. The van der Waals surface area contributed by atoms with Crippen molar-refractivity contribution in [2.75, 3.05) is 0 Å². The zero-order valence-electron chi connectivity index (χ0n) is 11.6. The molecule has 0 bridgehead atoms. The smallest absolute Gasteiger partial charge is 0.406 e. The molecular weight excluding hydrogens is 342 g/mol. The molecule has 0 unspecified atom stereocenters. The monoisotopic (exact) mass is 350 g/mol. The Balaban J connectivity index is 2.42. The standard InChI is InChI=1S/C15H8F6O3/c16-14(17,18)23-12-3-1-2-10(6-12)11-4-9(8-22)5-13(7-11)24-15(19,20)21/h1-8H. The van der Waals surface area contributed by atoms with Crippen LogP contribution in [0.4, 0.5) is 26.3 Å². The van der Waals surface area contributed by atoms with Crippen molar-refractivity contribution in [1.29, 1.82) is 0 Å². The minimum absolute atomic E-state index is 0.0616. The van der Waals surface area contributed by atoms with Gasteiger partial charge in [0, 0.05) is 5.56 Å². The summed E-state index contributed by atoms with van der Waals surface area (Å²) in [4.78, 5) is 10.9. The average molecular weight is 350 g/mol. The topological polar surface area (TPSA) is 35.5 Å². The van der Waals surface area contributed by atoms with Crippen molar-refractivity contribution in [3.63, 3.8) is 0 Å². The van der Waals surface area contributed by atoms with E-state index in [4.69, 9.17) is 0 Å². The van der Waals surface area contributed by atoms with Crippen LogP contribution in [-0.4, -0.2) is 19.0 Å². The van der Waals surface area contributed by atoms with E-state index < -0.39 is 24.2 Å². The molecule has 0 aliphatic carbocycles. The van der Waals surface area contributed by atoms with Gasteiger partial charge in [0.05, 0.1) is 0 Å². The molecule has 0 spiro atoms. The van der Waals surface area contributed by atoms with E-state index in [0.717, 1.165) is 24.3 Å². The number of aldehydes is 1. The second-order valence-electron chi connectivity index (χ2n) is 4.53. The molecule has 0 saturated heterocycles. The van der Waals surface area contributed by atoms with Crippen molar-refractivity contribution in [2.24, 2.45) is 0 Å². The Kier molecular flexibility index (Phi) is 4.72. The van der Waals surface area contributed by atoms with Crippen LogP contribution >= 0.6 is 0 Å². The maximum atomic E-state index is 12.3. The van der Waals surface area contributed by atoms with Crippen molar-refractivity contribution in [2.45, 2.75) is 12.7 Å². The maximum absolute atomic E-state index is 12.3. The van der Waals surface area contributed by atoms with E-state index in [1.165, 1.54) is 18.2 Å². The lowest BCUT2D eigenvalue weighted by atomic mass is 10.0. The normalized spacial score (nSPS) is 11.9. The molecule has 2 aromatic carbocycles. The van der Waals surface area contributed by atoms with Gasteiger partial charge in [-0.15, -0.1) is 26.3 Å². The molecule has 0 aromatic heterocycles. The van der Waals surface area contributed by atoms with Gasteiger partial charge in [0.1, 0.15) is 17.8 Å². The molecule has 0 amide bonds. The van der Waals surface area contributed by atoms with E-state index >= 15 is 0 Å². The summed E-state index contributed by atoms with van der Waals surface area (Å²) in [5.41, 5.74) is 0.0489. The number of ether oxygens (including phenoxy) is 2. The number of carbonyl (C=O) groups is 1. The summed E-state index contributed by atoms with van der Waals surface area (Å²) in [6, 6.07) is 7.62. The SMILES string of the molecule is O=Cc1cc(OC(F)(F)F)cc(-c2cccc(OC(F)(F)F)c2)c1. The highest BCUT2D eigenvalue weighted by Gasteiger charge is 2.32. The largest absolute Gasteiger partial charge is 0.573 e. The third-order valence-corrected chi connectivity index (χ3v) is 2.70. The van der Waals surface area contributed by atoms with E-state index in [-0.39, 0.29) is 16.7 Å². The lowest BCUT2D eigenvalue weighted by Crippen LogP contribution is -2.17. The molecule has 0 saturated carbocycles. The van der Waals surface area contributed by atoms with Crippen molar-refractivity contribution in [3.8, 4) is 22.6 Å². The fourth-order valence-electron chi connectivity index (χ4n) is 1.92. The Bertz CT molecular complexity index is 737. The van der Waals surface area contributed by atoms with Gasteiger partial charge >= 0.3 is 12.7 Å². The van der Waals surface area contributed by atoms with E-state index in [0.29, 0.717) is 6.29 Å². The molecule has 3 nitrogen and oxygen atoms in total. The van der Waals surface area contributed by atoms with Crippen LogP contribution in [0.1, 0.15) is 10.4 Å². The van der Waals surface area contributed by atoms with Gasteiger partial charge in [-0.1, -0.05) is 12.1 Å². The molecule has 24 heavy (non-hydrogen) atoms. The van der Waals surface area contributed by atoms with Crippen LogP contribution in [0.5, 0.6) is 11.5 Å². The van der Waals surface area contributed by atoms with Crippen molar-refractivity contribution in [1.82, 2.24) is 0 Å². The van der Waals surface area contributed by atoms with E-state index in [2.05, 4.69) is 9.47 Å². The van der Waals surface area contributed by atoms with Crippen LogP contribution in [0.15, 0.2) is 42.5 Å². The van der Waals surface area contributed by atoms with Crippen LogP contribution in [0.2, 0.25) is 0 Å². The van der Waals surface area contributed by atoms with Gasteiger partial charge in [-0.3, -0.25) is 4.79 Å². The molecule has 128 valence electrons. The van der Waals surface area contributed by atoms with E-state index in [1.807, 2.05) is 0 Å². The number of halogens is 6. The first-order chi connectivity index (χ1) is 11.1. The highest BCUT2D eigenvalue weighted by atomic mass is 19.4. The Morgan fingerprint density at radius 3 is 1.92 bits per heavy atom. The highest BCUT2D eigenvalue weighted by Crippen LogP contribution is 2.32. The summed E-state index contributed by atoms with van der Waals surface area (Å²) < 4.78 is 81.1. The van der Waals surface area contributed by atoms with E-state index in [9.17, 15) is 31.1 Å². The first kappa shape index (κ1) is 17.6. The second-order valence-corrected chi connectivity index (χ2v) is 4.53. The number of benzene rings is 2. The minimum Gasteiger partial charge on any atom is -0.406 e. The van der Waals surface area contributed by atoms with Gasteiger partial charge in [0.25, 0.3) is 0 Å². The second kappa shape index (κ2) is 6.42. The van der Waals surface area contributed by atoms with Crippen molar-refractivity contribution in [3.05, 3.63) is 48.0 Å². The quantitative estimate of drug-likeness (QED) is 0.577. The molecule has 0 heterocycles. The lowest BCUT2D eigenvalue weighted by molar-refractivity contribution is -0.275. The van der Waals surface area contributed by atoms with Gasteiger partial charge in [0.15, 0.2) is 0 Å². The van der Waals surface area contributed by atoms with Crippen LogP contribution in [-0.2, 0) is 0 Å². The lowest BCUT2D eigenvalue weighted by Gasteiger charge is -2.13. The van der Waals surface area contributed by atoms with Crippen LogP contribution < -0.4 is 9.47 Å². The molecule has 0 radical (unpaired) electrons. The number of alkyl halides is 6. The van der Waals surface area contributed by atoms with Crippen molar-refractivity contribution < 1.29 is 40.6 Å². The average Bonchev–Trinajstić information content (AvgIpc) is 2.43. The number of rotatable bonds is 4. The van der Waals surface area contributed by atoms with Gasteiger partial charge < -0.3 is 9.47 Å². The fraction of sp³-hybridized carbons (Fsp3) is 0.133. The third kappa shape index (κ3) is 5.18. The summed E-state index contributed by atoms with van der Waals surface area (Å²) in [5.74, 6) is -1.21. The van der Waals surface area contributed by atoms with Crippen LogP contribution in [0.25, 0.3) is 11.1 Å². The molecule has 0 aliphatic heterocycles. The van der Waals surface area contributed by atoms with E-state index in [1.54, 1.807) is 0 Å². The predicted octanol–water partition coefficient (Wildman–Crippen LogP) is 4.96. The first-order valence-electron chi connectivity index (χ1n) is 6.28. The predicted molar refractivity (Wildman–Crippen MR) is 70.6 cm³/mol. The van der Waals surface area contributed by atoms with Gasteiger partial charge in [-0.2, -0.15) is 0 Å². The Hall–Kier alpha value is -2.71. The molecule has 2 rings (SSSR count). The molecule has 0 aliphatic rings. The zero-order valence-corrected chi connectivity index (χ0v) is 11.6. The Morgan fingerprint density at radius 2 is 1.33 bits per heavy atom. The summed E-state index contributed by atoms with van der Waals surface area (Å²) in [7, 11) is 0. The Morgan fingerprint density at radius 1 is 0.750 bits per heavy atom. The number of hydrogen-bond acceptors (Lipinski definition) is 3. The summed E-state index contributed by atoms with van der Waals surface area (Å²) in [5, 5.41) is 0. The van der Waals surface area contributed by atoms with Gasteiger partial charge in [-0.25, -0.2) is 0 Å². The highest BCUT2D eigenvalue weighted by molar-refractivity contribution is 5.80. The maximum Gasteiger partial charge on any atom is 0.573 e. The summed E-state index contributed by atoms with van der Waals surface area (Å²) in [6.45, 7) is 0. The zero-order chi connectivity index (χ0) is 18.0. The number of carbonyl (C=O) groups excluding carboxylic acids is 1.